The lowest BCUT2D eigenvalue weighted by atomic mass is 10.3. The van der Waals surface area contributed by atoms with Gasteiger partial charge < -0.3 is 10.1 Å². The Labute approximate surface area is 141 Å². The number of morpholine rings is 1. The fourth-order valence-corrected chi connectivity index (χ4v) is 3.12. The standard InChI is InChI=1S/C15H22FN3O4S/c1-24(21,22)19(7-6-18-8-10-23-11-9-18)12-15(20)17-14-5-3-2-4-13(14)16/h2-5H,6-12H2,1H3,(H,17,20). The van der Waals surface area contributed by atoms with Gasteiger partial charge in [-0.3, -0.25) is 9.69 Å². The third kappa shape index (κ3) is 5.82. The lowest BCUT2D eigenvalue weighted by molar-refractivity contribution is -0.116. The second-order valence-electron chi connectivity index (χ2n) is 5.58. The number of benzene rings is 1. The smallest absolute Gasteiger partial charge is 0.239 e. The zero-order valence-corrected chi connectivity index (χ0v) is 14.4. The number of para-hydroxylation sites is 1. The molecule has 0 bridgehead atoms. The number of rotatable bonds is 7. The molecule has 1 aliphatic rings. The number of carbonyl (C=O) groups is 1. The second-order valence-corrected chi connectivity index (χ2v) is 7.56. The quantitative estimate of drug-likeness (QED) is 0.760. The maximum absolute atomic E-state index is 13.5. The summed E-state index contributed by atoms with van der Waals surface area (Å²) in [5.41, 5.74) is 0.0316. The highest BCUT2D eigenvalue weighted by Crippen LogP contribution is 2.12. The van der Waals surface area contributed by atoms with Crippen LogP contribution < -0.4 is 5.32 Å². The van der Waals surface area contributed by atoms with Crippen LogP contribution in [0.1, 0.15) is 0 Å². The minimum Gasteiger partial charge on any atom is -0.379 e. The molecule has 0 aliphatic carbocycles. The van der Waals surface area contributed by atoms with Crippen LogP contribution in [-0.2, 0) is 19.6 Å². The van der Waals surface area contributed by atoms with Crippen molar-refractivity contribution in [1.82, 2.24) is 9.21 Å². The van der Waals surface area contributed by atoms with Gasteiger partial charge in [0.2, 0.25) is 15.9 Å². The first-order chi connectivity index (χ1) is 11.4. The molecule has 0 aromatic heterocycles. The minimum atomic E-state index is -3.54. The Morgan fingerprint density at radius 3 is 2.62 bits per heavy atom. The van der Waals surface area contributed by atoms with Gasteiger partial charge in [-0.05, 0) is 12.1 Å². The fourth-order valence-electron chi connectivity index (χ4n) is 2.35. The van der Waals surface area contributed by atoms with Crippen molar-refractivity contribution in [3.63, 3.8) is 0 Å². The summed E-state index contributed by atoms with van der Waals surface area (Å²) in [6.07, 6.45) is 1.06. The van der Waals surface area contributed by atoms with Crippen LogP contribution >= 0.6 is 0 Å². The molecule has 1 N–H and O–H groups in total. The summed E-state index contributed by atoms with van der Waals surface area (Å²) in [7, 11) is -3.54. The summed E-state index contributed by atoms with van der Waals surface area (Å²) in [5, 5.41) is 2.40. The molecule has 0 unspecified atom stereocenters. The number of nitrogens with zero attached hydrogens (tertiary/aromatic N) is 2. The maximum Gasteiger partial charge on any atom is 0.239 e. The molecule has 24 heavy (non-hydrogen) atoms. The Morgan fingerprint density at radius 1 is 1.33 bits per heavy atom. The molecule has 0 spiro atoms. The number of halogens is 1. The minimum absolute atomic E-state index is 0.0316. The van der Waals surface area contributed by atoms with Crippen molar-refractivity contribution >= 4 is 21.6 Å². The zero-order chi connectivity index (χ0) is 17.6. The Kier molecular flexibility index (Phi) is 6.67. The summed E-state index contributed by atoms with van der Waals surface area (Å²) in [4.78, 5) is 14.1. The van der Waals surface area contributed by atoms with Crippen molar-refractivity contribution in [1.29, 1.82) is 0 Å². The zero-order valence-electron chi connectivity index (χ0n) is 13.6. The molecular weight excluding hydrogens is 337 g/mol. The Hall–Kier alpha value is -1.55. The molecule has 0 saturated carbocycles. The number of ether oxygens (including phenoxy) is 1. The number of sulfonamides is 1. The van der Waals surface area contributed by atoms with Crippen LogP contribution in [0.5, 0.6) is 0 Å². The van der Waals surface area contributed by atoms with Crippen LogP contribution in [-0.4, -0.2) is 75.7 Å². The number of anilines is 1. The summed E-state index contributed by atoms with van der Waals surface area (Å²) >= 11 is 0. The van der Waals surface area contributed by atoms with Gasteiger partial charge in [0, 0.05) is 26.2 Å². The molecule has 1 aromatic carbocycles. The Bertz CT molecular complexity index is 662. The summed E-state index contributed by atoms with van der Waals surface area (Å²) in [5.74, 6) is -1.14. The predicted molar refractivity (Wildman–Crippen MR) is 88.7 cm³/mol. The number of amides is 1. The predicted octanol–water partition coefficient (Wildman–Crippen LogP) is 0.358. The molecule has 1 amide bonds. The first-order valence-electron chi connectivity index (χ1n) is 7.66. The van der Waals surface area contributed by atoms with E-state index in [0.717, 1.165) is 23.7 Å². The Morgan fingerprint density at radius 2 is 2.00 bits per heavy atom. The van der Waals surface area contributed by atoms with E-state index in [4.69, 9.17) is 4.74 Å². The largest absolute Gasteiger partial charge is 0.379 e. The summed E-state index contributed by atoms with van der Waals surface area (Å²) < 4.78 is 43.7. The normalized spacial score (nSPS) is 16.3. The first-order valence-corrected chi connectivity index (χ1v) is 9.50. The molecular formula is C15H22FN3O4S. The van der Waals surface area contributed by atoms with Crippen molar-refractivity contribution in [3.05, 3.63) is 30.1 Å². The third-order valence-corrected chi connectivity index (χ3v) is 4.96. The molecule has 1 heterocycles. The van der Waals surface area contributed by atoms with E-state index in [1.807, 2.05) is 0 Å². The highest BCUT2D eigenvalue weighted by molar-refractivity contribution is 7.88. The Balaban J connectivity index is 1.93. The lowest BCUT2D eigenvalue weighted by Crippen LogP contribution is -2.45. The van der Waals surface area contributed by atoms with Crippen molar-refractivity contribution in [2.45, 2.75) is 0 Å². The highest BCUT2D eigenvalue weighted by Gasteiger charge is 2.22. The third-order valence-electron chi connectivity index (χ3n) is 3.71. The van der Waals surface area contributed by atoms with E-state index in [0.29, 0.717) is 19.8 Å². The molecule has 1 aromatic rings. The van der Waals surface area contributed by atoms with Crippen LogP contribution in [0.4, 0.5) is 10.1 Å². The van der Waals surface area contributed by atoms with Gasteiger partial charge in [-0.15, -0.1) is 0 Å². The molecule has 1 saturated heterocycles. The van der Waals surface area contributed by atoms with Gasteiger partial charge in [-0.25, -0.2) is 12.8 Å². The van der Waals surface area contributed by atoms with E-state index >= 15 is 0 Å². The molecule has 9 heteroatoms. The highest BCUT2D eigenvalue weighted by atomic mass is 32.2. The summed E-state index contributed by atoms with van der Waals surface area (Å²) in [6, 6.07) is 5.75. The molecule has 1 aliphatic heterocycles. The van der Waals surface area contributed by atoms with Gasteiger partial charge in [0.25, 0.3) is 0 Å². The second kappa shape index (κ2) is 8.52. The van der Waals surface area contributed by atoms with Crippen molar-refractivity contribution in [2.75, 3.05) is 57.5 Å². The van der Waals surface area contributed by atoms with Crippen LogP contribution in [0.15, 0.2) is 24.3 Å². The topological polar surface area (TPSA) is 79.0 Å². The van der Waals surface area contributed by atoms with Crippen LogP contribution in [0.3, 0.4) is 0 Å². The molecule has 1 fully saturated rings. The van der Waals surface area contributed by atoms with E-state index in [-0.39, 0.29) is 18.8 Å². The van der Waals surface area contributed by atoms with E-state index in [9.17, 15) is 17.6 Å². The number of carbonyl (C=O) groups excluding carboxylic acids is 1. The van der Waals surface area contributed by atoms with E-state index in [2.05, 4.69) is 10.2 Å². The average molecular weight is 359 g/mol. The van der Waals surface area contributed by atoms with Crippen molar-refractivity contribution in [3.8, 4) is 0 Å². The molecule has 7 nitrogen and oxygen atoms in total. The van der Waals surface area contributed by atoms with Crippen LogP contribution in [0.2, 0.25) is 0 Å². The SMILES string of the molecule is CS(=O)(=O)N(CCN1CCOCC1)CC(=O)Nc1ccccc1F. The molecule has 0 radical (unpaired) electrons. The van der Waals surface area contributed by atoms with Gasteiger partial charge in [-0.1, -0.05) is 12.1 Å². The van der Waals surface area contributed by atoms with Gasteiger partial charge >= 0.3 is 0 Å². The van der Waals surface area contributed by atoms with E-state index < -0.39 is 21.7 Å². The van der Waals surface area contributed by atoms with Gasteiger partial charge in [-0.2, -0.15) is 4.31 Å². The van der Waals surface area contributed by atoms with Crippen molar-refractivity contribution < 1.29 is 22.3 Å². The van der Waals surface area contributed by atoms with Gasteiger partial charge in [0.1, 0.15) is 5.82 Å². The van der Waals surface area contributed by atoms with Gasteiger partial charge in [0.05, 0.1) is 31.7 Å². The van der Waals surface area contributed by atoms with E-state index in [1.165, 1.54) is 18.2 Å². The fraction of sp³-hybridized carbons (Fsp3) is 0.533. The first kappa shape index (κ1) is 18.8. The monoisotopic (exact) mass is 359 g/mol. The number of hydrogen-bond donors (Lipinski definition) is 1. The van der Waals surface area contributed by atoms with Crippen LogP contribution in [0, 0.1) is 5.82 Å². The lowest BCUT2D eigenvalue weighted by Gasteiger charge is -2.29. The number of hydrogen-bond acceptors (Lipinski definition) is 5. The van der Waals surface area contributed by atoms with Crippen molar-refractivity contribution in [2.24, 2.45) is 0 Å². The van der Waals surface area contributed by atoms with Crippen LogP contribution in [0.25, 0.3) is 0 Å². The maximum atomic E-state index is 13.5. The van der Waals surface area contributed by atoms with E-state index in [1.54, 1.807) is 6.07 Å². The molecule has 2 rings (SSSR count). The summed E-state index contributed by atoms with van der Waals surface area (Å²) in [6.45, 7) is 3.07. The van der Waals surface area contributed by atoms with Gasteiger partial charge in [0.15, 0.2) is 0 Å². The average Bonchev–Trinajstić information content (AvgIpc) is 2.53. The molecule has 134 valence electrons. The number of nitrogens with one attached hydrogen (secondary N) is 1. The molecule has 0 atom stereocenters.